The van der Waals surface area contributed by atoms with Crippen LogP contribution in [0.2, 0.25) is 0 Å². The fraction of sp³-hybridized carbons (Fsp3) is 0.556. The lowest BCUT2D eigenvalue weighted by molar-refractivity contribution is -0.268. The summed E-state index contributed by atoms with van der Waals surface area (Å²) in [5.41, 5.74) is 3.38. The Kier molecular flexibility index (Phi) is 11.3. The Morgan fingerprint density at radius 2 is 1.47 bits per heavy atom. The van der Waals surface area contributed by atoms with E-state index in [-0.39, 0.29) is 23.4 Å². The van der Waals surface area contributed by atoms with Crippen LogP contribution in [0.1, 0.15) is 43.7 Å². The van der Waals surface area contributed by atoms with Gasteiger partial charge >= 0.3 is 5.97 Å². The van der Waals surface area contributed by atoms with Gasteiger partial charge in [0.15, 0.2) is 5.82 Å². The maximum atomic E-state index is 12.5. The highest BCUT2D eigenvalue weighted by atomic mass is 16.6. The van der Waals surface area contributed by atoms with Crippen molar-refractivity contribution in [1.29, 1.82) is 0 Å². The molecule has 4 aliphatic rings. The lowest BCUT2D eigenvalue weighted by Gasteiger charge is -2.69. The van der Waals surface area contributed by atoms with E-state index in [4.69, 9.17) is 33.7 Å². The minimum atomic E-state index is -0.318. The zero-order valence-electron chi connectivity index (χ0n) is 27.5. The number of esters is 1. The lowest BCUT2D eigenvalue weighted by Crippen LogP contribution is -2.71. The molecule has 0 unspecified atom stereocenters. The van der Waals surface area contributed by atoms with Crippen molar-refractivity contribution in [2.75, 3.05) is 82.7 Å². The van der Waals surface area contributed by atoms with E-state index >= 15 is 0 Å². The Labute approximate surface area is 277 Å². The standard InChI is InChI=1S/C36H47N5O6/c1-2-43-17-18-45-21-22-46-20-19-44-16-12-33(42)47-36-24-35(25-36,26-36)27-38-31-23-32(40-34(39-31)30-9-5-6-13-37-30)41-14-10-28-7-3-4-8-29(28)11-15-41/h3-9,13,23H,2,10-12,14-22,24-27H2,1H3,(H,38,39,40). The third kappa shape index (κ3) is 8.84. The number of hydrogen-bond donors (Lipinski definition) is 1. The topological polar surface area (TPSA) is 117 Å². The molecule has 3 aromatic rings. The van der Waals surface area contributed by atoms with Crippen molar-refractivity contribution in [2.45, 2.75) is 51.0 Å². The van der Waals surface area contributed by atoms with Crippen molar-refractivity contribution >= 4 is 17.6 Å². The second-order valence-corrected chi connectivity index (χ2v) is 12.7. The summed E-state index contributed by atoms with van der Waals surface area (Å²) in [4.78, 5) is 29.2. The maximum Gasteiger partial charge on any atom is 0.308 e. The molecule has 47 heavy (non-hydrogen) atoms. The summed E-state index contributed by atoms with van der Waals surface area (Å²) in [5, 5.41) is 3.60. The van der Waals surface area contributed by atoms with E-state index in [1.54, 1.807) is 6.20 Å². The first-order valence-corrected chi connectivity index (χ1v) is 16.9. The fourth-order valence-corrected chi connectivity index (χ4v) is 6.91. The summed E-state index contributed by atoms with van der Waals surface area (Å²) in [6.45, 7) is 8.66. The van der Waals surface area contributed by atoms with E-state index in [0.29, 0.717) is 58.7 Å². The van der Waals surface area contributed by atoms with Crippen molar-refractivity contribution < 1.29 is 28.5 Å². The van der Waals surface area contributed by atoms with Gasteiger partial charge in [-0.1, -0.05) is 30.3 Å². The summed E-state index contributed by atoms with van der Waals surface area (Å²) >= 11 is 0. The van der Waals surface area contributed by atoms with Crippen LogP contribution >= 0.6 is 0 Å². The number of pyridine rings is 1. The monoisotopic (exact) mass is 645 g/mol. The van der Waals surface area contributed by atoms with Crippen molar-refractivity contribution in [2.24, 2.45) is 5.41 Å². The minimum Gasteiger partial charge on any atom is -0.459 e. The molecule has 3 fully saturated rings. The molecule has 3 aliphatic carbocycles. The molecule has 0 spiro atoms. The van der Waals surface area contributed by atoms with E-state index in [9.17, 15) is 4.79 Å². The molecular weight excluding hydrogens is 598 g/mol. The molecule has 0 amide bonds. The molecule has 7 rings (SSSR count). The van der Waals surface area contributed by atoms with E-state index in [2.05, 4.69) is 45.5 Å². The molecular formula is C36H47N5O6. The molecule has 0 saturated heterocycles. The highest BCUT2D eigenvalue weighted by Gasteiger charge is 2.70. The molecule has 1 aliphatic heterocycles. The van der Waals surface area contributed by atoms with Gasteiger partial charge in [0.2, 0.25) is 0 Å². The van der Waals surface area contributed by atoms with Crippen LogP contribution in [-0.4, -0.2) is 99.0 Å². The third-order valence-electron chi connectivity index (χ3n) is 9.19. The first-order chi connectivity index (χ1) is 23.1. The number of hydrogen-bond acceptors (Lipinski definition) is 11. The fourth-order valence-electron chi connectivity index (χ4n) is 6.91. The second kappa shape index (κ2) is 16.0. The van der Waals surface area contributed by atoms with Gasteiger partial charge in [-0.3, -0.25) is 9.78 Å². The Hall–Kier alpha value is -3.64. The van der Waals surface area contributed by atoms with E-state index < -0.39 is 0 Å². The average Bonchev–Trinajstić information content (AvgIpc) is 3.29. The van der Waals surface area contributed by atoms with Crippen LogP contribution in [0.5, 0.6) is 0 Å². The molecule has 3 heterocycles. The number of anilines is 2. The van der Waals surface area contributed by atoms with Gasteiger partial charge < -0.3 is 33.9 Å². The van der Waals surface area contributed by atoms with E-state index in [1.165, 1.54) is 11.1 Å². The molecule has 11 heteroatoms. The van der Waals surface area contributed by atoms with Crippen molar-refractivity contribution in [3.8, 4) is 11.5 Å². The van der Waals surface area contributed by atoms with Gasteiger partial charge in [-0.05, 0) is 67.7 Å². The van der Waals surface area contributed by atoms with E-state index in [0.717, 1.165) is 69.1 Å². The van der Waals surface area contributed by atoms with Crippen molar-refractivity contribution in [3.05, 3.63) is 65.9 Å². The van der Waals surface area contributed by atoms with Crippen LogP contribution in [-0.2, 0) is 41.3 Å². The first-order valence-electron chi connectivity index (χ1n) is 16.9. The van der Waals surface area contributed by atoms with Crippen LogP contribution in [0, 0.1) is 5.41 Å². The van der Waals surface area contributed by atoms with Gasteiger partial charge in [-0.25, -0.2) is 9.97 Å². The van der Waals surface area contributed by atoms with Gasteiger partial charge in [-0.2, -0.15) is 0 Å². The van der Waals surface area contributed by atoms with Gasteiger partial charge in [0.05, 0.1) is 52.7 Å². The molecule has 11 nitrogen and oxygen atoms in total. The molecule has 1 N–H and O–H groups in total. The summed E-state index contributed by atoms with van der Waals surface area (Å²) in [6.07, 6.45) is 6.60. The maximum absolute atomic E-state index is 12.5. The Balaban J connectivity index is 0.929. The number of carbonyl (C=O) groups is 1. The third-order valence-corrected chi connectivity index (χ3v) is 9.19. The number of carbonyl (C=O) groups excluding carboxylic acids is 1. The zero-order valence-corrected chi connectivity index (χ0v) is 27.5. The molecule has 2 aromatic heterocycles. The van der Waals surface area contributed by atoms with Gasteiger partial charge in [0.25, 0.3) is 0 Å². The number of rotatable bonds is 19. The quantitative estimate of drug-likeness (QED) is 0.147. The second-order valence-electron chi connectivity index (χ2n) is 12.7. The summed E-state index contributed by atoms with van der Waals surface area (Å²) in [6, 6.07) is 16.6. The molecule has 0 radical (unpaired) electrons. The summed E-state index contributed by atoms with van der Waals surface area (Å²) < 4.78 is 27.5. The smallest absolute Gasteiger partial charge is 0.308 e. The summed E-state index contributed by atoms with van der Waals surface area (Å²) in [7, 11) is 0. The first kappa shape index (κ1) is 33.3. The molecule has 252 valence electrons. The predicted octanol–water partition coefficient (Wildman–Crippen LogP) is 4.50. The Bertz CT molecular complexity index is 1410. The number of nitrogens with one attached hydrogen (secondary N) is 1. The summed E-state index contributed by atoms with van der Waals surface area (Å²) in [5.74, 6) is 2.12. The minimum absolute atomic E-state index is 0.126. The number of ether oxygens (including phenoxy) is 5. The lowest BCUT2D eigenvalue weighted by atomic mass is 9.41. The molecule has 2 bridgehead atoms. The van der Waals surface area contributed by atoms with Crippen molar-refractivity contribution in [3.63, 3.8) is 0 Å². The average molecular weight is 646 g/mol. The van der Waals surface area contributed by atoms with Gasteiger partial charge in [0.1, 0.15) is 22.9 Å². The number of nitrogens with zero attached hydrogens (tertiary/aromatic N) is 4. The van der Waals surface area contributed by atoms with E-state index in [1.807, 2.05) is 25.1 Å². The number of benzene rings is 1. The normalized spacial score (nSPS) is 21.3. The highest BCUT2D eigenvalue weighted by molar-refractivity contribution is 5.70. The highest BCUT2D eigenvalue weighted by Crippen LogP contribution is 2.69. The molecule has 1 aromatic carbocycles. The van der Waals surface area contributed by atoms with Gasteiger partial charge in [-0.15, -0.1) is 0 Å². The molecule has 3 saturated carbocycles. The Morgan fingerprint density at radius 3 is 2.11 bits per heavy atom. The number of fused-ring (bicyclic) bond motifs is 1. The molecule has 0 atom stereocenters. The van der Waals surface area contributed by atoms with Crippen LogP contribution in [0.25, 0.3) is 11.5 Å². The predicted molar refractivity (Wildman–Crippen MR) is 178 cm³/mol. The number of aromatic nitrogens is 3. The SMILES string of the molecule is CCOCCOCCOCCOCCC(=O)OC12CC(CNc3cc(N4CCc5ccccc5CC4)nc(-c4ccccn4)n3)(C1)C2. The van der Waals surface area contributed by atoms with Crippen molar-refractivity contribution in [1.82, 2.24) is 15.0 Å². The van der Waals surface area contributed by atoms with Crippen LogP contribution in [0.4, 0.5) is 11.6 Å². The van der Waals surface area contributed by atoms with Gasteiger partial charge in [0, 0.05) is 38.5 Å². The zero-order chi connectivity index (χ0) is 32.4. The largest absolute Gasteiger partial charge is 0.459 e. The van der Waals surface area contributed by atoms with Crippen LogP contribution in [0.3, 0.4) is 0 Å². The Morgan fingerprint density at radius 1 is 0.830 bits per heavy atom. The van der Waals surface area contributed by atoms with Crippen LogP contribution in [0.15, 0.2) is 54.7 Å². The van der Waals surface area contributed by atoms with Crippen LogP contribution < -0.4 is 10.2 Å².